The van der Waals surface area contributed by atoms with Crippen molar-refractivity contribution in [2.75, 3.05) is 19.8 Å². The van der Waals surface area contributed by atoms with Crippen molar-refractivity contribution in [2.45, 2.75) is 43.8 Å². The van der Waals surface area contributed by atoms with Gasteiger partial charge in [-0.3, -0.25) is 0 Å². The molecule has 0 radical (unpaired) electrons. The van der Waals surface area contributed by atoms with Crippen LogP contribution in [0, 0.1) is 17.6 Å². The summed E-state index contributed by atoms with van der Waals surface area (Å²) >= 11 is 0. The highest BCUT2D eigenvalue weighted by Crippen LogP contribution is 2.50. The first-order chi connectivity index (χ1) is 11.0. The van der Waals surface area contributed by atoms with Crippen molar-refractivity contribution in [3.05, 3.63) is 29.3 Å². The van der Waals surface area contributed by atoms with E-state index in [1.165, 1.54) is 0 Å². The maximum atomic E-state index is 14.4. The van der Waals surface area contributed by atoms with Crippen LogP contribution >= 0.6 is 0 Å². The molecule has 4 nitrogen and oxygen atoms in total. The lowest BCUT2D eigenvalue weighted by atomic mass is 9.64. The van der Waals surface area contributed by atoms with Gasteiger partial charge in [-0.25, -0.2) is 8.78 Å². The SMILES string of the molecule is C[C@@]12CCO[C@@H](CCC(O)CO)C1COc1c(F)ccc(F)c12. The summed E-state index contributed by atoms with van der Waals surface area (Å²) in [6, 6.07) is 2.23. The van der Waals surface area contributed by atoms with Gasteiger partial charge in [0.05, 0.1) is 25.4 Å². The number of benzene rings is 1. The van der Waals surface area contributed by atoms with E-state index in [0.29, 0.717) is 31.4 Å². The van der Waals surface area contributed by atoms with E-state index in [1.807, 2.05) is 6.92 Å². The Hall–Kier alpha value is -1.24. The van der Waals surface area contributed by atoms with Gasteiger partial charge >= 0.3 is 0 Å². The largest absolute Gasteiger partial charge is 0.490 e. The third-order valence-electron chi connectivity index (χ3n) is 5.25. The summed E-state index contributed by atoms with van der Waals surface area (Å²) in [5, 5.41) is 18.5. The monoisotopic (exact) mass is 328 g/mol. The molecule has 0 saturated carbocycles. The molecule has 0 aromatic heterocycles. The number of hydrogen-bond acceptors (Lipinski definition) is 4. The molecule has 2 aliphatic heterocycles. The number of halogens is 2. The van der Waals surface area contributed by atoms with Gasteiger partial charge in [0.2, 0.25) is 0 Å². The Morgan fingerprint density at radius 3 is 2.83 bits per heavy atom. The van der Waals surface area contributed by atoms with Gasteiger partial charge in [0.1, 0.15) is 5.82 Å². The molecule has 1 aromatic rings. The number of aliphatic hydroxyl groups excluding tert-OH is 2. The molecule has 2 N–H and O–H groups in total. The zero-order valence-corrected chi connectivity index (χ0v) is 13.1. The summed E-state index contributed by atoms with van der Waals surface area (Å²) in [7, 11) is 0. The molecule has 2 aliphatic rings. The third kappa shape index (κ3) is 2.84. The molecule has 0 aliphatic carbocycles. The first-order valence-electron chi connectivity index (χ1n) is 7.99. The van der Waals surface area contributed by atoms with Gasteiger partial charge in [0.25, 0.3) is 0 Å². The van der Waals surface area contributed by atoms with Crippen LogP contribution in [0.15, 0.2) is 12.1 Å². The first kappa shape index (κ1) is 16.6. The standard InChI is InChI=1S/C17H22F2O4/c1-17-6-7-22-14(5-2-10(21)8-20)11(17)9-23-16-13(19)4-3-12(18)15(16)17/h3-4,10-11,14,20-21H,2,5-9H2,1H3/t10?,11?,14-,17+/m0/s1. The maximum Gasteiger partial charge on any atom is 0.165 e. The van der Waals surface area contributed by atoms with Crippen LogP contribution in [-0.2, 0) is 10.2 Å². The Balaban J connectivity index is 1.90. The fourth-order valence-corrected chi connectivity index (χ4v) is 3.85. The lowest BCUT2D eigenvalue weighted by Gasteiger charge is -2.49. The fourth-order valence-electron chi connectivity index (χ4n) is 3.85. The van der Waals surface area contributed by atoms with Gasteiger partial charge in [-0.15, -0.1) is 0 Å². The summed E-state index contributed by atoms with van der Waals surface area (Å²) in [6.45, 7) is 2.33. The Bertz CT molecular complexity index is 580. The zero-order valence-electron chi connectivity index (χ0n) is 13.1. The Kier molecular flexibility index (Phi) is 4.58. The van der Waals surface area contributed by atoms with E-state index in [4.69, 9.17) is 14.6 Å². The lowest BCUT2D eigenvalue weighted by molar-refractivity contribution is -0.0977. The van der Waals surface area contributed by atoms with Crippen molar-refractivity contribution in [3.8, 4) is 5.75 Å². The van der Waals surface area contributed by atoms with Crippen LogP contribution in [0.25, 0.3) is 0 Å². The molecular weight excluding hydrogens is 306 g/mol. The molecule has 0 bridgehead atoms. The molecule has 1 aromatic carbocycles. The fraction of sp³-hybridized carbons (Fsp3) is 0.647. The molecule has 4 atom stereocenters. The van der Waals surface area contributed by atoms with E-state index >= 15 is 0 Å². The third-order valence-corrected chi connectivity index (χ3v) is 5.25. The van der Waals surface area contributed by atoms with Gasteiger partial charge in [-0.2, -0.15) is 0 Å². The molecule has 1 saturated heterocycles. The van der Waals surface area contributed by atoms with Crippen molar-refractivity contribution in [3.63, 3.8) is 0 Å². The second-order valence-corrected chi connectivity index (χ2v) is 6.64. The Morgan fingerprint density at radius 1 is 1.35 bits per heavy atom. The average Bonchev–Trinajstić information content (AvgIpc) is 2.54. The second-order valence-electron chi connectivity index (χ2n) is 6.64. The number of ether oxygens (including phenoxy) is 2. The number of aliphatic hydroxyl groups is 2. The van der Waals surface area contributed by atoms with Gasteiger partial charge < -0.3 is 19.7 Å². The molecule has 23 heavy (non-hydrogen) atoms. The van der Waals surface area contributed by atoms with Gasteiger partial charge in [-0.1, -0.05) is 6.92 Å². The minimum atomic E-state index is -0.794. The molecule has 0 spiro atoms. The van der Waals surface area contributed by atoms with Crippen LogP contribution in [0.1, 0.15) is 31.7 Å². The quantitative estimate of drug-likeness (QED) is 0.889. The van der Waals surface area contributed by atoms with Crippen LogP contribution in [0.2, 0.25) is 0 Å². The van der Waals surface area contributed by atoms with Crippen LogP contribution in [-0.4, -0.2) is 42.2 Å². The van der Waals surface area contributed by atoms with Crippen molar-refractivity contribution in [1.29, 1.82) is 0 Å². The van der Waals surface area contributed by atoms with E-state index in [9.17, 15) is 13.9 Å². The molecule has 128 valence electrons. The normalized spacial score (nSPS) is 31.0. The Labute approximate surface area is 134 Å². The smallest absolute Gasteiger partial charge is 0.165 e. The second kappa shape index (κ2) is 6.34. The van der Waals surface area contributed by atoms with E-state index in [1.54, 1.807) is 0 Å². The lowest BCUT2D eigenvalue weighted by Crippen LogP contribution is -2.52. The molecule has 1 fully saturated rings. The summed E-state index contributed by atoms with van der Waals surface area (Å²) in [5.74, 6) is -1.10. The van der Waals surface area contributed by atoms with Crippen LogP contribution in [0.3, 0.4) is 0 Å². The summed E-state index contributed by atoms with van der Waals surface area (Å²) in [4.78, 5) is 0. The molecular formula is C17H22F2O4. The highest BCUT2D eigenvalue weighted by Gasteiger charge is 2.50. The van der Waals surface area contributed by atoms with Gasteiger partial charge in [0.15, 0.2) is 11.6 Å². The van der Waals surface area contributed by atoms with Crippen molar-refractivity contribution in [1.82, 2.24) is 0 Å². The summed E-state index contributed by atoms with van der Waals surface area (Å²) < 4.78 is 39.7. The predicted octanol–water partition coefficient (Wildman–Crippen LogP) is 2.15. The van der Waals surface area contributed by atoms with Crippen molar-refractivity contribution < 1.29 is 28.5 Å². The number of rotatable bonds is 4. The van der Waals surface area contributed by atoms with Gasteiger partial charge in [-0.05, 0) is 31.4 Å². The maximum absolute atomic E-state index is 14.4. The summed E-state index contributed by atoms with van der Waals surface area (Å²) in [6.07, 6.45) is 0.514. The zero-order chi connectivity index (χ0) is 16.6. The van der Waals surface area contributed by atoms with Crippen LogP contribution in [0.5, 0.6) is 5.75 Å². The average molecular weight is 328 g/mol. The van der Waals surface area contributed by atoms with Crippen LogP contribution < -0.4 is 4.74 Å². The Morgan fingerprint density at radius 2 is 2.09 bits per heavy atom. The number of hydrogen-bond donors (Lipinski definition) is 2. The van der Waals surface area contributed by atoms with E-state index < -0.39 is 23.2 Å². The first-order valence-corrected chi connectivity index (χ1v) is 7.99. The van der Waals surface area contributed by atoms with E-state index in [0.717, 1.165) is 12.1 Å². The molecule has 0 amide bonds. The van der Waals surface area contributed by atoms with Crippen molar-refractivity contribution >= 4 is 0 Å². The van der Waals surface area contributed by atoms with Gasteiger partial charge in [0, 0.05) is 23.5 Å². The minimum Gasteiger partial charge on any atom is -0.490 e. The molecule has 2 unspecified atom stereocenters. The summed E-state index contributed by atoms with van der Waals surface area (Å²) in [5.41, 5.74) is -0.267. The van der Waals surface area contributed by atoms with E-state index in [2.05, 4.69) is 0 Å². The molecule has 3 rings (SSSR count). The van der Waals surface area contributed by atoms with E-state index in [-0.39, 0.29) is 31.0 Å². The highest BCUT2D eigenvalue weighted by molar-refractivity contribution is 5.44. The molecule has 6 heteroatoms. The topological polar surface area (TPSA) is 58.9 Å². The predicted molar refractivity (Wildman–Crippen MR) is 79.4 cm³/mol. The minimum absolute atomic E-state index is 0.0137. The highest BCUT2D eigenvalue weighted by atomic mass is 19.1. The van der Waals surface area contributed by atoms with Crippen LogP contribution in [0.4, 0.5) is 8.78 Å². The molecule has 2 heterocycles. The number of fused-ring (bicyclic) bond motifs is 3. The van der Waals surface area contributed by atoms with Crippen molar-refractivity contribution in [2.24, 2.45) is 5.92 Å².